The molecule has 0 radical (unpaired) electrons. The number of hydrogen-bond acceptors (Lipinski definition) is 2. The summed E-state index contributed by atoms with van der Waals surface area (Å²) >= 11 is 0. The standard InChI is InChI=1S/C15H20O2/c1-14-7-6-10-4-2-3-5-11(13(16)17-14)12(14)15(10)8-9-15/h4,11-12H,2-3,5-9H2,1H3/t11-,12-,14+/m0/s1. The summed E-state index contributed by atoms with van der Waals surface area (Å²) in [5.74, 6) is 0.793. The quantitative estimate of drug-likeness (QED) is 0.473. The molecule has 1 spiro atoms. The molecule has 2 bridgehead atoms. The van der Waals surface area contributed by atoms with Gasteiger partial charge in [0, 0.05) is 5.92 Å². The molecule has 0 N–H and O–H groups in total. The molecule has 2 nitrogen and oxygen atoms in total. The molecule has 1 heterocycles. The maximum absolute atomic E-state index is 12.1. The molecule has 0 aromatic carbocycles. The molecule has 3 atom stereocenters. The summed E-state index contributed by atoms with van der Waals surface area (Å²) < 4.78 is 5.80. The van der Waals surface area contributed by atoms with Crippen LogP contribution in [0.15, 0.2) is 11.6 Å². The summed E-state index contributed by atoms with van der Waals surface area (Å²) in [7, 11) is 0. The number of rotatable bonds is 0. The molecule has 4 aliphatic rings. The Kier molecular flexibility index (Phi) is 1.77. The van der Waals surface area contributed by atoms with Crippen molar-refractivity contribution in [3.05, 3.63) is 11.6 Å². The van der Waals surface area contributed by atoms with Crippen LogP contribution in [0.2, 0.25) is 0 Å². The van der Waals surface area contributed by atoms with Gasteiger partial charge in [-0.05, 0) is 57.3 Å². The molecule has 2 saturated carbocycles. The highest BCUT2D eigenvalue weighted by Gasteiger charge is 2.68. The van der Waals surface area contributed by atoms with E-state index >= 15 is 0 Å². The van der Waals surface area contributed by atoms with Gasteiger partial charge in [0.25, 0.3) is 0 Å². The van der Waals surface area contributed by atoms with Crippen LogP contribution < -0.4 is 0 Å². The van der Waals surface area contributed by atoms with Gasteiger partial charge in [-0.25, -0.2) is 0 Å². The van der Waals surface area contributed by atoms with E-state index in [4.69, 9.17) is 4.74 Å². The van der Waals surface area contributed by atoms with Gasteiger partial charge in [-0.15, -0.1) is 0 Å². The van der Waals surface area contributed by atoms with E-state index in [2.05, 4.69) is 13.0 Å². The molecular formula is C15H20O2. The van der Waals surface area contributed by atoms with Crippen LogP contribution in [-0.4, -0.2) is 11.6 Å². The van der Waals surface area contributed by atoms with Crippen molar-refractivity contribution in [2.45, 2.75) is 57.5 Å². The normalized spacial score (nSPS) is 45.9. The number of ether oxygens (including phenoxy) is 1. The second kappa shape index (κ2) is 2.96. The summed E-state index contributed by atoms with van der Waals surface area (Å²) in [6, 6.07) is 0. The third-order valence-corrected chi connectivity index (χ3v) is 5.72. The Hall–Kier alpha value is -0.790. The molecule has 92 valence electrons. The minimum Gasteiger partial charge on any atom is -0.459 e. The fourth-order valence-electron chi connectivity index (χ4n) is 4.91. The van der Waals surface area contributed by atoms with Crippen molar-refractivity contribution in [1.82, 2.24) is 0 Å². The molecule has 0 unspecified atom stereocenters. The zero-order chi connectivity index (χ0) is 11.7. The monoisotopic (exact) mass is 232 g/mol. The average molecular weight is 232 g/mol. The minimum absolute atomic E-state index is 0.104. The molecule has 1 saturated heterocycles. The van der Waals surface area contributed by atoms with Crippen molar-refractivity contribution >= 4 is 5.97 Å². The first-order valence-electron chi connectivity index (χ1n) is 7.08. The number of esters is 1. The Bertz CT molecular complexity index is 419. The molecule has 17 heavy (non-hydrogen) atoms. The summed E-state index contributed by atoms with van der Waals surface area (Å²) in [5.41, 5.74) is 1.90. The SMILES string of the molecule is C[C@]12CCC3=CCCC[C@H](C(=O)O1)[C@@H]2C31CC1. The second-order valence-corrected chi connectivity index (χ2v) is 6.63. The predicted octanol–water partition coefficient (Wildman–Crippen LogP) is 3.22. The van der Waals surface area contributed by atoms with Crippen LogP contribution in [0.3, 0.4) is 0 Å². The maximum Gasteiger partial charge on any atom is 0.309 e. The van der Waals surface area contributed by atoms with E-state index in [1.54, 1.807) is 5.57 Å². The lowest BCUT2D eigenvalue weighted by molar-refractivity contribution is -0.151. The van der Waals surface area contributed by atoms with Gasteiger partial charge >= 0.3 is 5.97 Å². The van der Waals surface area contributed by atoms with Gasteiger partial charge in [-0.3, -0.25) is 4.79 Å². The molecule has 0 aromatic rings. The number of carbonyl (C=O) groups is 1. The molecule has 2 heteroatoms. The highest BCUT2D eigenvalue weighted by molar-refractivity contribution is 5.77. The van der Waals surface area contributed by atoms with Crippen molar-refractivity contribution in [2.24, 2.45) is 17.3 Å². The van der Waals surface area contributed by atoms with Gasteiger partial charge < -0.3 is 4.74 Å². The van der Waals surface area contributed by atoms with Crippen LogP contribution in [0.25, 0.3) is 0 Å². The van der Waals surface area contributed by atoms with E-state index in [-0.39, 0.29) is 17.5 Å². The molecule has 4 rings (SSSR count). The van der Waals surface area contributed by atoms with Gasteiger partial charge in [0.05, 0.1) is 5.92 Å². The van der Waals surface area contributed by atoms with Crippen molar-refractivity contribution in [1.29, 1.82) is 0 Å². The van der Waals surface area contributed by atoms with Crippen molar-refractivity contribution < 1.29 is 9.53 Å². The van der Waals surface area contributed by atoms with Gasteiger partial charge in [-0.1, -0.05) is 11.6 Å². The first-order valence-corrected chi connectivity index (χ1v) is 7.08. The van der Waals surface area contributed by atoms with E-state index in [1.807, 2.05) is 0 Å². The van der Waals surface area contributed by atoms with Crippen LogP contribution in [-0.2, 0) is 9.53 Å². The van der Waals surface area contributed by atoms with Gasteiger partial charge in [0.2, 0.25) is 0 Å². The van der Waals surface area contributed by atoms with Crippen LogP contribution in [0.5, 0.6) is 0 Å². The molecular weight excluding hydrogens is 212 g/mol. The smallest absolute Gasteiger partial charge is 0.309 e. The topological polar surface area (TPSA) is 26.3 Å². The van der Waals surface area contributed by atoms with Gasteiger partial charge in [-0.2, -0.15) is 0 Å². The first-order chi connectivity index (χ1) is 8.16. The lowest BCUT2D eigenvalue weighted by Crippen LogP contribution is -2.44. The van der Waals surface area contributed by atoms with E-state index in [9.17, 15) is 4.79 Å². The molecule has 0 amide bonds. The van der Waals surface area contributed by atoms with Crippen molar-refractivity contribution in [3.63, 3.8) is 0 Å². The first kappa shape index (κ1) is 10.2. The maximum atomic E-state index is 12.1. The number of carbonyl (C=O) groups excluding carboxylic acids is 1. The van der Waals surface area contributed by atoms with Crippen molar-refractivity contribution in [2.75, 3.05) is 0 Å². The second-order valence-electron chi connectivity index (χ2n) is 6.63. The highest BCUT2D eigenvalue weighted by atomic mass is 16.6. The van der Waals surface area contributed by atoms with Gasteiger partial charge in [0.15, 0.2) is 0 Å². The fourth-order valence-corrected chi connectivity index (χ4v) is 4.91. The zero-order valence-electron chi connectivity index (χ0n) is 10.5. The Balaban J connectivity index is 1.87. The minimum atomic E-state index is -0.146. The highest BCUT2D eigenvalue weighted by Crippen LogP contribution is 2.70. The Morgan fingerprint density at radius 3 is 2.94 bits per heavy atom. The number of allylic oxidation sites excluding steroid dienone is 2. The Labute approximate surface area is 102 Å². The summed E-state index contributed by atoms with van der Waals surface area (Å²) in [6.45, 7) is 2.19. The van der Waals surface area contributed by atoms with E-state index in [0.29, 0.717) is 11.3 Å². The fraction of sp³-hybridized carbons (Fsp3) is 0.800. The van der Waals surface area contributed by atoms with Crippen LogP contribution in [0, 0.1) is 17.3 Å². The Morgan fingerprint density at radius 2 is 2.18 bits per heavy atom. The zero-order valence-corrected chi connectivity index (χ0v) is 10.5. The lowest BCUT2D eigenvalue weighted by Gasteiger charge is -2.44. The molecule has 3 aliphatic carbocycles. The van der Waals surface area contributed by atoms with Crippen LogP contribution >= 0.6 is 0 Å². The third-order valence-electron chi connectivity index (χ3n) is 5.72. The molecule has 1 aliphatic heterocycles. The average Bonchev–Trinajstić information content (AvgIpc) is 2.99. The largest absolute Gasteiger partial charge is 0.459 e. The summed E-state index contributed by atoms with van der Waals surface area (Å²) in [4.78, 5) is 12.1. The van der Waals surface area contributed by atoms with E-state index < -0.39 is 0 Å². The van der Waals surface area contributed by atoms with E-state index in [1.165, 1.54) is 19.3 Å². The lowest BCUT2D eigenvalue weighted by atomic mass is 9.60. The number of hydrogen-bond donors (Lipinski definition) is 0. The molecule has 0 aromatic heterocycles. The van der Waals surface area contributed by atoms with E-state index in [0.717, 1.165) is 25.7 Å². The molecule has 3 fully saturated rings. The summed E-state index contributed by atoms with van der Waals surface area (Å²) in [6.07, 6.45) is 10.7. The van der Waals surface area contributed by atoms with Crippen LogP contribution in [0.1, 0.15) is 51.9 Å². The predicted molar refractivity (Wildman–Crippen MR) is 64.3 cm³/mol. The van der Waals surface area contributed by atoms with Gasteiger partial charge in [0.1, 0.15) is 5.60 Å². The van der Waals surface area contributed by atoms with Crippen LogP contribution in [0.4, 0.5) is 0 Å². The summed E-state index contributed by atoms with van der Waals surface area (Å²) in [5, 5.41) is 0. The third kappa shape index (κ3) is 1.14. The Morgan fingerprint density at radius 1 is 1.35 bits per heavy atom. The van der Waals surface area contributed by atoms with Crippen molar-refractivity contribution in [3.8, 4) is 0 Å².